The summed E-state index contributed by atoms with van der Waals surface area (Å²) in [6, 6.07) is 9.28. The summed E-state index contributed by atoms with van der Waals surface area (Å²) >= 11 is 0. The Bertz CT molecular complexity index is 1650. The first-order valence-corrected chi connectivity index (χ1v) is 12.8. The van der Waals surface area contributed by atoms with Crippen LogP contribution < -0.4 is 5.56 Å². The number of Topliss-reactive ketones (excluding diaryl/α,β-unsaturated/α-hetero) is 1. The minimum absolute atomic E-state index is 0.0220. The fraction of sp³-hybridized carbons (Fsp3) is 0.333. The first-order chi connectivity index (χ1) is 18.3. The lowest BCUT2D eigenvalue weighted by Gasteiger charge is -2.24. The van der Waals surface area contributed by atoms with Crippen molar-refractivity contribution in [1.82, 2.24) is 19.3 Å². The second kappa shape index (κ2) is 10.7. The van der Waals surface area contributed by atoms with Crippen LogP contribution in [-0.2, 0) is 20.0 Å². The zero-order chi connectivity index (χ0) is 26.8. The summed E-state index contributed by atoms with van der Waals surface area (Å²) in [7, 11) is 1.66. The Morgan fingerprint density at radius 2 is 1.95 bits per heavy atom. The molecule has 0 bridgehead atoms. The van der Waals surface area contributed by atoms with E-state index in [0.29, 0.717) is 23.6 Å². The molecule has 0 radical (unpaired) electrons. The quantitative estimate of drug-likeness (QED) is 0.254. The number of nitrogens with zero attached hydrogens (tertiary/aromatic N) is 4. The molecule has 0 unspecified atom stereocenters. The van der Waals surface area contributed by atoms with Crippen molar-refractivity contribution < 1.29 is 13.6 Å². The molecule has 194 valence electrons. The van der Waals surface area contributed by atoms with E-state index in [1.165, 1.54) is 30.0 Å². The van der Waals surface area contributed by atoms with E-state index < -0.39 is 17.2 Å². The van der Waals surface area contributed by atoms with Gasteiger partial charge in [0.15, 0.2) is 17.4 Å². The van der Waals surface area contributed by atoms with Gasteiger partial charge in [-0.1, -0.05) is 37.2 Å². The summed E-state index contributed by atoms with van der Waals surface area (Å²) in [5.41, 5.74) is 2.28. The second-order valence-electron chi connectivity index (χ2n) is 9.88. The van der Waals surface area contributed by atoms with E-state index in [9.17, 15) is 18.4 Å². The fourth-order valence-electron chi connectivity index (χ4n) is 4.74. The molecule has 1 aliphatic rings. The number of fused-ring (bicyclic) bond motifs is 1. The summed E-state index contributed by atoms with van der Waals surface area (Å²) in [5.74, 6) is 5.48. The lowest BCUT2D eigenvalue weighted by molar-refractivity contribution is 0.0982. The standard InChI is InChI=1S/C30H28F2N4O2/c1-19-29(30(38)36(35(19)2)18-22-10-12-24(31)25(32)15-22)27(37)9-4-3-6-21-11-13-26-23(14-21)17-33-28(34-26)16-20-7-5-8-20/h10-15,17,20H,4-5,7-9,16,18H2,1-2H3. The molecule has 2 heterocycles. The first kappa shape index (κ1) is 25.5. The van der Waals surface area contributed by atoms with Crippen LogP contribution in [0.5, 0.6) is 0 Å². The number of benzene rings is 2. The first-order valence-electron chi connectivity index (χ1n) is 12.8. The highest BCUT2D eigenvalue weighted by Crippen LogP contribution is 2.29. The minimum Gasteiger partial charge on any atom is -0.294 e. The van der Waals surface area contributed by atoms with Gasteiger partial charge < -0.3 is 0 Å². The van der Waals surface area contributed by atoms with E-state index in [2.05, 4.69) is 21.8 Å². The molecule has 2 aromatic carbocycles. The van der Waals surface area contributed by atoms with Gasteiger partial charge in [-0.2, -0.15) is 0 Å². The maximum absolute atomic E-state index is 13.6. The van der Waals surface area contributed by atoms with E-state index in [0.717, 1.165) is 40.8 Å². The van der Waals surface area contributed by atoms with Crippen LogP contribution in [0.1, 0.15) is 65.1 Å². The summed E-state index contributed by atoms with van der Waals surface area (Å²) in [5, 5.41) is 0.923. The molecule has 0 atom stereocenters. The predicted octanol–water partition coefficient (Wildman–Crippen LogP) is 5.12. The van der Waals surface area contributed by atoms with Crippen LogP contribution in [-0.4, -0.2) is 25.1 Å². The number of aromatic nitrogens is 4. The highest BCUT2D eigenvalue weighted by molar-refractivity contribution is 5.97. The SMILES string of the molecule is Cc1c(C(=O)CCC#Cc2ccc3nc(CC4CCC4)ncc3c2)c(=O)n(Cc2ccc(F)c(F)c2)n1C. The van der Waals surface area contributed by atoms with Gasteiger partial charge in [-0.05, 0) is 48.7 Å². The lowest BCUT2D eigenvalue weighted by Crippen LogP contribution is -2.25. The third-order valence-corrected chi connectivity index (χ3v) is 7.29. The van der Waals surface area contributed by atoms with Crippen molar-refractivity contribution in [2.24, 2.45) is 13.0 Å². The van der Waals surface area contributed by atoms with Crippen molar-refractivity contribution in [2.75, 3.05) is 0 Å². The molecule has 0 N–H and O–H groups in total. The Balaban J connectivity index is 1.24. The predicted molar refractivity (Wildman–Crippen MR) is 141 cm³/mol. The van der Waals surface area contributed by atoms with Crippen LogP contribution in [0.2, 0.25) is 0 Å². The van der Waals surface area contributed by atoms with Gasteiger partial charge in [-0.15, -0.1) is 0 Å². The average molecular weight is 515 g/mol. The maximum Gasteiger partial charge on any atom is 0.278 e. The maximum atomic E-state index is 13.6. The van der Waals surface area contributed by atoms with E-state index in [1.807, 2.05) is 24.4 Å². The highest BCUT2D eigenvalue weighted by Gasteiger charge is 2.21. The lowest BCUT2D eigenvalue weighted by atomic mass is 9.83. The zero-order valence-corrected chi connectivity index (χ0v) is 21.4. The minimum atomic E-state index is -0.982. The van der Waals surface area contributed by atoms with Gasteiger partial charge in [0.2, 0.25) is 0 Å². The van der Waals surface area contributed by atoms with Crippen LogP contribution >= 0.6 is 0 Å². The largest absolute Gasteiger partial charge is 0.294 e. The molecule has 1 fully saturated rings. The van der Waals surface area contributed by atoms with Crippen LogP contribution in [0.15, 0.2) is 47.4 Å². The molecule has 0 spiro atoms. The summed E-state index contributed by atoms with van der Waals surface area (Å²) in [4.78, 5) is 35.1. The van der Waals surface area contributed by atoms with Crippen molar-refractivity contribution in [2.45, 2.75) is 52.0 Å². The topological polar surface area (TPSA) is 69.8 Å². The van der Waals surface area contributed by atoms with Gasteiger partial charge in [0, 0.05) is 49.2 Å². The number of carbonyl (C=O) groups excluding carboxylic acids is 1. The van der Waals surface area contributed by atoms with Gasteiger partial charge in [-0.3, -0.25) is 14.3 Å². The van der Waals surface area contributed by atoms with Crippen molar-refractivity contribution in [3.8, 4) is 11.8 Å². The molecule has 0 aliphatic heterocycles. The smallest absolute Gasteiger partial charge is 0.278 e. The van der Waals surface area contributed by atoms with Crippen molar-refractivity contribution in [1.29, 1.82) is 0 Å². The number of ketones is 1. The van der Waals surface area contributed by atoms with Gasteiger partial charge in [0.1, 0.15) is 11.4 Å². The summed E-state index contributed by atoms with van der Waals surface area (Å²) < 4.78 is 29.8. The Labute approximate surface area is 219 Å². The summed E-state index contributed by atoms with van der Waals surface area (Å²) in [6.45, 7) is 1.71. The molecule has 4 aromatic rings. The molecular weight excluding hydrogens is 486 g/mol. The molecule has 0 amide bonds. The Morgan fingerprint density at radius 1 is 1.13 bits per heavy atom. The molecule has 6 nitrogen and oxygen atoms in total. The number of rotatable bonds is 7. The Kier molecular flexibility index (Phi) is 7.19. The number of halogens is 2. The molecule has 8 heteroatoms. The molecule has 38 heavy (non-hydrogen) atoms. The number of carbonyl (C=O) groups is 1. The Morgan fingerprint density at radius 3 is 2.68 bits per heavy atom. The molecule has 0 saturated heterocycles. The van der Waals surface area contributed by atoms with Gasteiger partial charge in [0.05, 0.1) is 12.1 Å². The van der Waals surface area contributed by atoms with E-state index in [4.69, 9.17) is 0 Å². The van der Waals surface area contributed by atoms with Gasteiger partial charge in [-0.25, -0.2) is 23.4 Å². The highest BCUT2D eigenvalue weighted by atomic mass is 19.2. The Hall–Kier alpha value is -4.12. The fourth-order valence-corrected chi connectivity index (χ4v) is 4.74. The third-order valence-electron chi connectivity index (χ3n) is 7.29. The van der Waals surface area contributed by atoms with Crippen LogP contribution in [0.25, 0.3) is 10.9 Å². The zero-order valence-electron chi connectivity index (χ0n) is 21.4. The van der Waals surface area contributed by atoms with Crippen molar-refractivity contribution in [3.05, 3.63) is 92.8 Å². The van der Waals surface area contributed by atoms with Gasteiger partial charge >= 0.3 is 0 Å². The molecular formula is C30H28F2N4O2. The van der Waals surface area contributed by atoms with Gasteiger partial charge in [0.25, 0.3) is 5.56 Å². The van der Waals surface area contributed by atoms with Crippen LogP contribution in [0.3, 0.4) is 0 Å². The number of hydrogen-bond acceptors (Lipinski definition) is 4. The third kappa shape index (κ3) is 5.28. The molecule has 1 saturated carbocycles. The molecule has 5 rings (SSSR count). The second-order valence-corrected chi connectivity index (χ2v) is 9.88. The van der Waals surface area contributed by atoms with E-state index in [-0.39, 0.29) is 24.3 Å². The number of hydrogen-bond donors (Lipinski definition) is 0. The van der Waals surface area contributed by atoms with Crippen molar-refractivity contribution >= 4 is 16.7 Å². The average Bonchev–Trinajstić information content (AvgIpc) is 3.09. The van der Waals surface area contributed by atoms with Crippen molar-refractivity contribution in [3.63, 3.8) is 0 Å². The van der Waals surface area contributed by atoms with E-state index >= 15 is 0 Å². The molecule has 1 aliphatic carbocycles. The molecule has 2 aromatic heterocycles. The van der Waals surface area contributed by atoms with E-state index in [1.54, 1.807) is 18.7 Å². The monoisotopic (exact) mass is 514 g/mol. The normalized spacial score (nSPS) is 13.3. The van der Waals surface area contributed by atoms with Crippen LogP contribution in [0, 0.1) is 36.3 Å². The summed E-state index contributed by atoms with van der Waals surface area (Å²) in [6.07, 6.45) is 6.99. The van der Waals surface area contributed by atoms with Crippen LogP contribution in [0.4, 0.5) is 8.78 Å².